The number of anilines is 1. The Labute approximate surface area is 172 Å². The molecule has 4 rings (SSSR count). The highest BCUT2D eigenvalue weighted by atomic mass is 19.3. The number of carbonyl (C=O) groups is 1. The highest BCUT2D eigenvalue weighted by molar-refractivity contribution is 5.97. The Morgan fingerprint density at radius 2 is 2.03 bits per heavy atom. The van der Waals surface area contributed by atoms with Gasteiger partial charge in [0.2, 0.25) is 0 Å². The van der Waals surface area contributed by atoms with Gasteiger partial charge in [0.25, 0.3) is 5.91 Å². The SMILES string of the molecule is O=C(NC1CCN(c2cccnc2)CC1)c1cnc2cc(OC(F)F)c(F)cc2c1.[HH]. The number of fused-ring (bicyclic) bond motifs is 1. The van der Waals surface area contributed by atoms with Gasteiger partial charge in [-0.05, 0) is 37.1 Å². The fourth-order valence-corrected chi connectivity index (χ4v) is 3.53. The number of alkyl halides is 2. The minimum atomic E-state index is -3.13. The summed E-state index contributed by atoms with van der Waals surface area (Å²) in [7, 11) is 0. The molecular formula is C21H21F3N4O2. The van der Waals surface area contributed by atoms with E-state index in [0.717, 1.165) is 43.8 Å². The van der Waals surface area contributed by atoms with E-state index in [4.69, 9.17) is 0 Å². The highest BCUT2D eigenvalue weighted by Crippen LogP contribution is 2.26. The first kappa shape index (κ1) is 19.9. The van der Waals surface area contributed by atoms with Gasteiger partial charge in [0.05, 0.1) is 23.0 Å². The Morgan fingerprint density at radius 3 is 2.73 bits per heavy atom. The molecule has 2 aromatic heterocycles. The van der Waals surface area contributed by atoms with Crippen molar-refractivity contribution in [3.63, 3.8) is 0 Å². The molecule has 0 atom stereocenters. The lowest BCUT2D eigenvalue weighted by Gasteiger charge is -2.33. The van der Waals surface area contributed by atoms with Crippen molar-refractivity contribution in [2.45, 2.75) is 25.5 Å². The van der Waals surface area contributed by atoms with Crippen LogP contribution in [-0.4, -0.2) is 41.6 Å². The number of carbonyl (C=O) groups excluding carboxylic acids is 1. The summed E-state index contributed by atoms with van der Waals surface area (Å²) in [6.45, 7) is -1.54. The maximum absolute atomic E-state index is 14.0. The fourth-order valence-electron chi connectivity index (χ4n) is 3.53. The molecular weight excluding hydrogens is 397 g/mol. The number of rotatable bonds is 5. The second kappa shape index (κ2) is 8.56. The lowest BCUT2D eigenvalue weighted by atomic mass is 10.0. The zero-order chi connectivity index (χ0) is 21.1. The second-order valence-corrected chi connectivity index (χ2v) is 7.02. The standard InChI is InChI=1S/C21H19F3N4O2.H2/c22-17-9-13-8-14(11-26-18(13)10-19(17)30-21(23)24)20(29)27-15-3-6-28(7-4-15)16-2-1-5-25-12-16;/h1-2,5,8-12,15,21H,3-4,6-7H2,(H,27,29);1H. The molecule has 0 bridgehead atoms. The van der Waals surface area contributed by atoms with Crippen LogP contribution >= 0.6 is 0 Å². The van der Waals surface area contributed by atoms with Crippen LogP contribution < -0.4 is 15.0 Å². The Hall–Kier alpha value is -3.36. The molecule has 1 amide bonds. The lowest BCUT2D eigenvalue weighted by Crippen LogP contribution is -2.44. The first-order chi connectivity index (χ1) is 14.5. The monoisotopic (exact) mass is 418 g/mol. The van der Waals surface area contributed by atoms with Gasteiger partial charge in [0, 0.05) is 44.4 Å². The van der Waals surface area contributed by atoms with Crippen LogP contribution in [0.4, 0.5) is 18.9 Å². The summed E-state index contributed by atoms with van der Waals surface area (Å²) in [5.74, 6) is -1.83. The van der Waals surface area contributed by atoms with Gasteiger partial charge in [-0.25, -0.2) is 4.39 Å². The molecule has 0 unspecified atom stereocenters. The lowest BCUT2D eigenvalue weighted by molar-refractivity contribution is -0.0520. The van der Waals surface area contributed by atoms with Crippen LogP contribution in [0.3, 0.4) is 0 Å². The van der Waals surface area contributed by atoms with Crippen LogP contribution in [0.5, 0.6) is 5.75 Å². The van der Waals surface area contributed by atoms with Crippen molar-refractivity contribution in [1.82, 2.24) is 15.3 Å². The largest absolute Gasteiger partial charge is 0.432 e. The molecule has 158 valence electrons. The third-order valence-electron chi connectivity index (χ3n) is 5.05. The fraction of sp³-hybridized carbons (Fsp3) is 0.286. The molecule has 1 aromatic carbocycles. The van der Waals surface area contributed by atoms with E-state index in [-0.39, 0.29) is 24.5 Å². The number of nitrogens with zero attached hydrogens (tertiary/aromatic N) is 3. The first-order valence-corrected chi connectivity index (χ1v) is 9.49. The van der Waals surface area contributed by atoms with E-state index in [1.165, 1.54) is 12.3 Å². The summed E-state index contributed by atoms with van der Waals surface area (Å²) in [6, 6.07) is 7.51. The average molecular weight is 418 g/mol. The maximum Gasteiger partial charge on any atom is 0.387 e. The number of amides is 1. The van der Waals surface area contributed by atoms with E-state index in [2.05, 4.69) is 24.9 Å². The number of nitrogens with one attached hydrogen (secondary N) is 1. The Kier molecular flexibility index (Phi) is 5.69. The Balaban J connectivity index is 0.00000272. The number of ether oxygens (including phenoxy) is 1. The molecule has 1 aliphatic rings. The zero-order valence-electron chi connectivity index (χ0n) is 15.9. The molecule has 6 nitrogen and oxygen atoms in total. The Morgan fingerprint density at radius 1 is 1.23 bits per heavy atom. The quantitative estimate of drug-likeness (QED) is 0.678. The van der Waals surface area contributed by atoms with Gasteiger partial charge in [-0.1, -0.05) is 0 Å². The summed E-state index contributed by atoms with van der Waals surface area (Å²) < 4.78 is 42.8. The normalized spacial score (nSPS) is 14.9. The summed E-state index contributed by atoms with van der Waals surface area (Å²) >= 11 is 0. The van der Waals surface area contributed by atoms with E-state index >= 15 is 0 Å². The molecule has 0 spiro atoms. The van der Waals surface area contributed by atoms with Gasteiger partial charge in [0.15, 0.2) is 11.6 Å². The second-order valence-electron chi connectivity index (χ2n) is 7.02. The molecule has 0 saturated carbocycles. The van der Waals surface area contributed by atoms with Gasteiger partial charge in [-0.3, -0.25) is 14.8 Å². The topological polar surface area (TPSA) is 67.4 Å². The third-order valence-corrected chi connectivity index (χ3v) is 5.05. The van der Waals surface area contributed by atoms with Crippen molar-refractivity contribution >= 4 is 22.5 Å². The predicted molar refractivity (Wildman–Crippen MR) is 107 cm³/mol. The summed E-state index contributed by atoms with van der Waals surface area (Å²) in [6.07, 6.45) is 6.45. The van der Waals surface area contributed by atoms with Gasteiger partial charge in [-0.2, -0.15) is 8.78 Å². The summed E-state index contributed by atoms with van der Waals surface area (Å²) in [5, 5.41) is 3.31. The van der Waals surface area contributed by atoms with Crippen LogP contribution in [0.1, 0.15) is 24.6 Å². The molecule has 0 radical (unpaired) electrons. The van der Waals surface area contributed by atoms with Crippen LogP contribution in [-0.2, 0) is 0 Å². The molecule has 0 aliphatic carbocycles. The highest BCUT2D eigenvalue weighted by Gasteiger charge is 2.22. The number of pyridine rings is 2. The first-order valence-electron chi connectivity index (χ1n) is 9.49. The third kappa shape index (κ3) is 4.45. The van der Waals surface area contributed by atoms with Gasteiger partial charge in [0.1, 0.15) is 0 Å². The van der Waals surface area contributed by atoms with E-state index < -0.39 is 18.2 Å². The number of piperidine rings is 1. The number of benzene rings is 1. The summed E-state index contributed by atoms with van der Waals surface area (Å²) in [5.41, 5.74) is 1.59. The Bertz CT molecular complexity index is 1050. The number of hydrogen-bond acceptors (Lipinski definition) is 5. The van der Waals surface area contributed by atoms with Crippen LogP contribution in [0.15, 0.2) is 48.9 Å². The van der Waals surface area contributed by atoms with E-state index in [1.54, 1.807) is 6.20 Å². The molecule has 9 heteroatoms. The molecule has 3 aromatic rings. The average Bonchev–Trinajstić information content (AvgIpc) is 2.75. The van der Waals surface area contributed by atoms with Gasteiger partial charge >= 0.3 is 6.61 Å². The molecule has 1 aliphatic heterocycles. The number of hydrogen-bond donors (Lipinski definition) is 1. The maximum atomic E-state index is 14.0. The number of aromatic nitrogens is 2. The molecule has 3 heterocycles. The van der Waals surface area contributed by atoms with E-state index in [1.807, 2.05) is 18.3 Å². The summed E-state index contributed by atoms with van der Waals surface area (Å²) in [4.78, 5) is 23.0. The van der Waals surface area contributed by atoms with Crippen molar-refractivity contribution < 1.29 is 24.1 Å². The smallest absolute Gasteiger partial charge is 0.387 e. The zero-order valence-corrected chi connectivity index (χ0v) is 15.9. The van der Waals surface area contributed by atoms with Crippen molar-refractivity contribution in [3.8, 4) is 5.75 Å². The van der Waals surface area contributed by atoms with Crippen molar-refractivity contribution in [3.05, 3.63) is 60.3 Å². The molecule has 30 heavy (non-hydrogen) atoms. The molecule has 1 fully saturated rings. The van der Waals surface area contributed by atoms with Crippen LogP contribution in [0.25, 0.3) is 10.9 Å². The van der Waals surface area contributed by atoms with Gasteiger partial charge in [-0.15, -0.1) is 0 Å². The van der Waals surface area contributed by atoms with E-state index in [0.29, 0.717) is 5.39 Å². The minimum absolute atomic E-state index is 0. The number of halogens is 3. The van der Waals surface area contributed by atoms with Crippen molar-refractivity contribution in [1.29, 1.82) is 0 Å². The minimum Gasteiger partial charge on any atom is -0.432 e. The molecule has 1 saturated heterocycles. The van der Waals surface area contributed by atoms with Gasteiger partial charge < -0.3 is 15.0 Å². The van der Waals surface area contributed by atoms with Crippen molar-refractivity contribution in [2.75, 3.05) is 18.0 Å². The van der Waals surface area contributed by atoms with Crippen molar-refractivity contribution in [2.24, 2.45) is 0 Å². The van der Waals surface area contributed by atoms with E-state index in [9.17, 15) is 18.0 Å². The van der Waals surface area contributed by atoms with Crippen LogP contribution in [0.2, 0.25) is 0 Å². The predicted octanol–water partition coefficient (Wildman–Crippen LogP) is 4.02. The van der Waals surface area contributed by atoms with Crippen LogP contribution in [0, 0.1) is 5.82 Å². The molecule has 1 N–H and O–H groups in total.